The normalized spacial score (nSPS) is 37.1. The van der Waals surface area contributed by atoms with Gasteiger partial charge < -0.3 is 38.8 Å². The van der Waals surface area contributed by atoms with Gasteiger partial charge in [-0.3, -0.25) is 0 Å². The Hall–Kier alpha value is -2.49. The summed E-state index contributed by atoms with van der Waals surface area (Å²) in [5.41, 5.74) is 1.15. The maximum atomic E-state index is 11.6. The number of likely N-dealkylation sites (tertiary alicyclic amines) is 1. The van der Waals surface area contributed by atoms with Crippen molar-refractivity contribution in [1.29, 1.82) is 0 Å². The smallest absolute Gasteiger partial charge is 0.377 e. The van der Waals surface area contributed by atoms with Crippen LogP contribution in [-0.4, -0.2) is 79.5 Å². The molecule has 5 unspecified atom stereocenters. The molecule has 1 aromatic rings. The number of hydrogen-bond acceptors (Lipinski definition) is 9. The number of ether oxygens (including phenoxy) is 5. The van der Waals surface area contributed by atoms with Gasteiger partial charge in [0.25, 0.3) is 0 Å². The number of cyclic esters (lactones) is 1. The number of hydrogen-bond donors (Lipinski definition) is 2. The lowest BCUT2D eigenvalue weighted by molar-refractivity contribution is -0.211. The zero-order chi connectivity index (χ0) is 22.7. The van der Waals surface area contributed by atoms with Crippen molar-refractivity contribution in [2.45, 2.75) is 55.1 Å². The van der Waals surface area contributed by atoms with Crippen LogP contribution in [0.4, 0.5) is 0 Å². The van der Waals surface area contributed by atoms with Gasteiger partial charge in [0, 0.05) is 24.3 Å². The second-order valence-electron chi connectivity index (χ2n) is 9.11. The maximum Gasteiger partial charge on any atom is 0.377 e. The van der Waals surface area contributed by atoms with Gasteiger partial charge in [0.1, 0.15) is 6.10 Å². The standard InChI is InChI=1S/C23H29NO8/c1-24-9-8-22(13-4-5-14(28-2)15(10-13)29-3)6-7-23(11-17(22)24)30-12-16(32-23)20-18(25)19(26)21(27)31-20/h4-5,10,16-17,20,25-26H,6-9,11-12H2,1-3H3. The third-order valence-corrected chi connectivity index (χ3v) is 7.65. The van der Waals surface area contributed by atoms with Crippen molar-refractivity contribution in [2.75, 3.05) is 34.4 Å². The minimum atomic E-state index is -1.04. The van der Waals surface area contributed by atoms with Gasteiger partial charge in [-0.25, -0.2) is 4.79 Å². The number of likely N-dealkylation sites (N-methyl/N-ethyl adjacent to an activating group) is 1. The molecule has 2 N–H and O–H groups in total. The molecule has 9 heteroatoms. The topological polar surface area (TPSA) is 107 Å². The van der Waals surface area contributed by atoms with E-state index in [1.54, 1.807) is 14.2 Å². The van der Waals surface area contributed by atoms with Gasteiger partial charge >= 0.3 is 5.97 Å². The van der Waals surface area contributed by atoms with Crippen LogP contribution < -0.4 is 9.47 Å². The monoisotopic (exact) mass is 447 g/mol. The van der Waals surface area contributed by atoms with E-state index in [4.69, 9.17) is 23.7 Å². The molecular weight excluding hydrogens is 418 g/mol. The SMILES string of the molecule is COc1ccc(C23CCN(C)C2CC2(CC3)OCC(C3OC(=O)C(O)=C3O)O2)cc1OC. The van der Waals surface area contributed by atoms with Crippen molar-refractivity contribution in [2.24, 2.45) is 0 Å². The number of rotatable bonds is 4. The van der Waals surface area contributed by atoms with Gasteiger partial charge in [-0.1, -0.05) is 6.07 Å². The van der Waals surface area contributed by atoms with Crippen LogP contribution in [0.1, 0.15) is 31.2 Å². The highest BCUT2D eigenvalue weighted by molar-refractivity contribution is 5.89. The average molecular weight is 447 g/mol. The summed E-state index contributed by atoms with van der Waals surface area (Å²) in [6.45, 7) is 1.13. The molecule has 1 spiro atoms. The Labute approximate surface area is 186 Å². The zero-order valence-electron chi connectivity index (χ0n) is 18.5. The Bertz CT molecular complexity index is 963. The third-order valence-electron chi connectivity index (χ3n) is 7.65. The quantitative estimate of drug-likeness (QED) is 0.672. The Kier molecular flexibility index (Phi) is 5.03. The lowest BCUT2D eigenvalue weighted by Gasteiger charge is -2.48. The molecule has 3 fully saturated rings. The molecule has 2 saturated heterocycles. The largest absolute Gasteiger partial charge is 0.505 e. The summed E-state index contributed by atoms with van der Waals surface area (Å²) in [5, 5.41) is 19.7. The molecule has 3 aliphatic heterocycles. The molecule has 0 radical (unpaired) electrons. The highest BCUT2D eigenvalue weighted by atomic mass is 16.8. The lowest BCUT2D eigenvalue weighted by atomic mass is 9.64. The van der Waals surface area contributed by atoms with E-state index in [-0.39, 0.29) is 18.1 Å². The molecule has 0 aromatic heterocycles. The number of fused-ring (bicyclic) bond motifs is 1. The second-order valence-corrected chi connectivity index (χ2v) is 9.11. The molecule has 4 aliphatic rings. The van der Waals surface area contributed by atoms with Gasteiger partial charge in [-0.15, -0.1) is 0 Å². The van der Waals surface area contributed by atoms with Crippen LogP contribution in [0, 0.1) is 0 Å². The molecule has 1 saturated carbocycles. The lowest BCUT2D eigenvalue weighted by Crippen LogP contribution is -2.53. The fourth-order valence-electron chi connectivity index (χ4n) is 5.88. The van der Waals surface area contributed by atoms with Crippen molar-refractivity contribution in [3.63, 3.8) is 0 Å². The molecule has 9 nitrogen and oxygen atoms in total. The molecule has 3 heterocycles. The summed E-state index contributed by atoms with van der Waals surface area (Å²) in [6.07, 6.45) is 1.47. The van der Waals surface area contributed by atoms with E-state index in [1.165, 1.54) is 5.56 Å². The molecule has 174 valence electrons. The van der Waals surface area contributed by atoms with E-state index in [9.17, 15) is 15.0 Å². The van der Waals surface area contributed by atoms with E-state index in [1.807, 2.05) is 6.07 Å². The number of benzene rings is 1. The van der Waals surface area contributed by atoms with Crippen LogP contribution in [-0.2, 0) is 24.4 Å². The Morgan fingerprint density at radius 2 is 1.91 bits per heavy atom. The highest BCUT2D eigenvalue weighted by Gasteiger charge is 2.59. The number of carbonyl (C=O) groups excluding carboxylic acids is 1. The molecule has 32 heavy (non-hydrogen) atoms. The number of methoxy groups -OCH3 is 2. The van der Waals surface area contributed by atoms with Crippen LogP contribution in [0.2, 0.25) is 0 Å². The van der Waals surface area contributed by atoms with Crippen LogP contribution >= 0.6 is 0 Å². The molecule has 1 aliphatic carbocycles. The van der Waals surface area contributed by atoms with Crippen molar-refractivity contribution in [1.82, 2.24) is 4.90 Å². The van der Waals surface area contributed by atoms with Crippen LogP contribution in [0.25, 0.3) is 0 Å². The fourth-order valence-corrected chi connectivity index (χ4v) is 5.88. The minimum absolute atomic E-state index is 0.0650. The Morgan fingerprint density at radius 3 is 2.59 bits per heavy atom. The average Bonchev–Trinajstić information content (AvgIpc) is 3.45. The number of nitrogens with zero attached hydrogens (tertiary/aromatic N) is 1. The summed E-state index contributed by atoms with van der Waals surface area (Å²) in [4.78, 5) is 13.9. The van der Waals surface area contributed by atoms with Gasteiger partial charge in [-0.05, 0) is 44.1 Å². The number of aliphatic hydroxyl groups is 2. The summed E-state index contributed by atoms with van der Waals surface area (Å²) < 4.78 is 28.5. The van der Waals surface area contributed by atoms with Crippen molar-refractivity contribution in [3.05, 3.63) is 35.3 Å². The van der Waals surface area contributed by atoms with Crippen molar-refractivity contribution < 1.29 is 38.7 Å². The summed E-state index contributed by atoms with van der Waals surface area (Å²) >= 11 is 0. The van der Waals surface area contributed by atoms with Crippen molar-refractivity contribution >= 4 is 5.97 Å². The summed E-state index contributed by atoms with van der Waals surface area (Å²) in [7, 11) is 5.39. The third kappa shape index (κ3) is 3.06. The molecule has 5 atom stereocenters. The number of aliphatic hydroxyl groups excluding tert-OH is 2. The second kappa shape index (κ2) is 7.54. The van der Waals surface area contributed by atoms with Crippen LogP contribution in [0.3, 0.4) is 0 Å². The molecule has 0 bridgehead atoms. The molecular formula is C23H29NO8. The Balaban J connectivity index is 1.39. The van der Waals surface area contributed by atoms with E-state index in [2.05, 4.69) is 24.1 Å². The first kappa shape index (κ1) is 21.4. The van der Waals surface area contributed by atoms with E-state index in [0.29, 0.717) is 24.3 Å². The predicted octanol–water partition coefficient (Wildman–Crippen LogP) is 2.19. The zero-order valence-corrected chi connectivity index (χ0v) is 18.5. The Morgan fingerprint density at radius 1 is 1.12 bits per heavy atom. The fraction of sp³-hybridized carbons (Fsp3) is 0.609. The van der Waals surface area contributed by atoms with Gasteiger partial charge in [0.05, 0.1) is 20.8 Å². The molecule has 1 aromatic carbocycles. The highest BCUT2D eigenvalue weighted by Crippen LogP contribution is 2.54. The first-order chi connectivity index (χ1) is 15.3. The maximum absolute atomic E-state index is 11.6. The number of esters is 1. The van der Waals surface area contributed by atoms with Gasteiger partial charge in [-0.2, -0.15) is 0 Å². The predicted molar refractivity (Wildman–Crippen MR) is 112 cm³/mol. The van der Waals surface area contributed by atoms with E-state index in [0.717, 1.165) is 19.4 Å². The molecule has 0 amide bonds. The van der Waals surface area contributed by atoms with Gasteiger partial charge in [0.15, 0.2) is 29.1 Å². The first-order valence-corrected chi connectivity index (χ1v) is 10.9. The van der Waals surface area contributed by atoms with E-state index >= 15 is 0 Å². The number of carbonyl (C=O) groups is 1. The van der Waals surface area contributed by atoms with Crippen LogP contribution in [0.15, 0.2) is 29.7 Å². The first-order valence-electron chi connectivity index (χ1n) is 10.9. The van der Waals surface area contributed by atoms with Gasteiger partial charge in [0.2, 0.25) is 5.76 Å². The van der Waals surface area contributed by atoms with Crippen LogP contribution in [0.5, 0.6) is 11.5 Å². The summed E-state index contributed by atoms with van der Waals surface area (Å²) in [6, 6.07) is 6.33. The van der Waals surface area contributed by atoms with E-state index < -0.39 is 35.5 Å². The minimum Gasteiger partial charge on any atom is -0.505 e. The molecule has 5 rings (SSSR count). The van der Waals surface area contributed by atoms with Crippen molar-refractivity contribution in [3.8, 4) is 11.5 Å². The summed E-state index contributed by atoms with van der Waals surface area (Å²) in [5.74, 6) is -1.59.